The summed E-state index contributed by atoms with van der Waals surface area (Å²) in [5.41, 5.74) is 1.01. The molecule has 5 nitrogen and oxygen atoms in total. The second-order valence-corrected chi connectivity index (χ2v) is 3.75. The van der Waals surface area contributed by atoms with Crippen LogP contribution in [-0.2, 0) is 14.3 Å². The Balaban J connectivity index is 2.22. The summed E-state index contributed by atoms with van der Waals surface area (Å²) in [6, 6.07) is 6.30. The zero-order valence-electron chi connectivity index (χ0n) is 8.94. The quantitative estimate of drug-likeness (QED) is 0.637. The van der Waals surface area contributed by atoms with Crippen LogP contribution >= 0.6 is 11.6 Å². The number of halogens is 1. The van der Waals surface area contributed by atoms with Crippen molar-refractivity contribution in [1.82, 2.24) is 0 Å². The van der Waals surface area contributed by atoms with E-state index in [1.807, 2.05) is 0 Å². The lowest BCUT2D eigenvalue weighted by molar-refractivity contribution is -0.155. The summed E-state index contributed by atoms with van der Waals surface area (Å²) in [4.78, 5) is 11.2. The van der Waals surface area contributed by atoms with E-state index in [1.54, 1.807) is 12.1 Å². The first kappa shape index (κ1) is 11.8. The molecule has 0 fully saturated rings. The van der Waals surface area contributed by atoms with Gasteiger partial charge in [0.25, 0.3) is 0 Å². The molecule has 1 unspecified atom stereocenters. The molecule has 0 aliphatic carbocycles. The molecule has 0 spiro atoms. The number of phenols is 1. The van der Waals surface area contributed by atoms with E-state index in [9.17, 15) is 4.79 Å². The van der Waals surface area contributed by atoms with E-state index in [0.717, 1.165) is 0 Å². The molecule has 2 N–H and O–H groups in total. The van der Waals surface area contributed by atoms with Crippen LogP contribution in [0.4, 0.5) is 5.69 Å². The Morgan fingerprint density at radius 1 is 1.41 bits per heavy atom. The number of carbonyl (C=O) groups is 1. The molecular formula is C11H10ClNO4. The number of nitrogens with one attached hydrogen (secondary N) is 1. The Morgan fingerprint density at radius 3 is 2.65 bits per heavy atom. The minimum absolute atomic E-state index is 0.0371. The van der Waals surface area contributed by atoms with Crippen LogP contribution in [0.1, 0.15) is 0 Å². The maximum Gasteiger partial charge on any atom is 0.354 e. The smallest absolute Gasteiger partial charge is 0.354 e. The molecule has 0 saturated heterocycles. The number of hydrogen-bond donors (Lipinski definition) is 2. The maximum atomic E-state index is 11.2. The summed E-state index contributed by atoms with van der Waals surface area (Å²) < 4.78 is 9.82. The molecule has 90 valence electrons. The van der Waals surface area contributed by atoms with Crippen LogP contribution in [-0.4, -0.2) is 24.5 Å². The zero-order chi connectivity index (χ0) is 12.4. The number of carbonyl (C=O) groups excluding carboxylic acids is 1. The minimum atomic E-state index is -0.830. The lowest BCUT2D eigenvalue weighted by atomic mass is 10.3. The van der Waals surface area contributed by atoms with Gasteiger partial charge in [-0.25, -0.2) is 4.79 Å². The van der Waals surface area contributed by atoms with Crippen LogP contribution in [0.2, 0.25) is 0 Å². The summed E-state index contributed by atoms with van der Waals surface area (Å²) >= 11 is 5.80. The van der Waals surface area contributed by atoms with Crippen molar-refractivity contribution < 1.29 is 19.4 Å². The largest absolute Gasteiger partial charge is 0.508 e. The van der Waals surface area contributed by atoms with Crippen molar-refractivity contribution in [1.29, 1.82) is 0 Å². The fourth-order valence-electron chi connectivity index (χ4n) is 1.40. The number of cyclic esters (lactones) is 1. The first-order valence-electron chi connectivity index (χ1n) is 4.81. The topological polar surface area (TPSA) is 67.8 Å². The third-order valence-corrected chi connectivity index (χ3v) is 2.58. The van der Waals surface area contributed by atoms with Gasteiger partial charge in [-0.1, -0.05) is 11.6 Å². The van der Waals surface area contributed by atoms with Gasteiger partial charge in [0.2, 0.25) is 6.29 Å². The zero-order valence-corrected chi connectivity index (χ0v) is 9.69. The second kappa shape index (κ2) is 4.65. The average molecular weight is 256 g/mol. The molecule has 0 amide bonds. The predicted octanol–water partition coefficient (Wildman–Crippen LogP) is 1.78. The highest BCUT2D eigenvalue weighted by Gasteiger charge is 2.33. The van der Waals surface area contributed by atoms with E-state index in [-0.39, 0.29) is 10.8 Å². The van der Waals surface area contributed by atoms with Gasteiger partial charge in [0, 0.05) is 12.8 Å². The number of ether oxygens (including phenoxy) is 2. The number of esters is 1. The molecule has 0 saturated carbocycles. The number of anilines is 1. The van der Waals surface area contributed by atoms with Gasteiger partial charge < -0.3 is 19.9 Å². The molecule has 17 heavy (non-hydrogen) atoms. The fraction of sp³-hybridized carbons (Fsp3) is 0.182. The minimum Gasteiger partial charge on any atom is -0.508 e. The van der Waals surface area contributed by atoms with Crippen LogP contribution in [0.25, 0.3) is 0 Å². The molecule has 6 heteroatoms. The Morgan fingerprint density at radius 2 is 2.06 bits per heavy atom. The Hall–Kier alpha value is -1.72. The van der Waals surface area contributed by atoms with Crippen molar-refractivity contribution >= 4 is 23.3 Å². The maximum absolute atomic E-state index is 11.2. The highest BCUT2D eigenvalue weighted by molar-refractivity contribution is 6.42. The summed E-state index contributed by atoms with van der Waals surface area (Å²) in [6.45, 7) is 0. The monoisotopic (exact) mass is 255 g/mol. The molecule has 1 aliphatic rings. The summed E-state index contributed by atoms with van der Waals surface area (Å²) in [5, 5.41) is 12.0. The average Bonchev–Trinajstić information content (AvgIpc) is 2.59. The van der Waals surface area contributed by atoms with Gasteiger partial charge in [0.15, 0.2) is 5.03 Å². The van der Waals surface area contributed by atoms with E-state index in [2.05, 4.69) is 5.32 Å². The Kier molecular flexibility index (Phi) is 3.21. The number of methoxy groups -OCH3 is 1. The van der Waals surface area contributed by atoms with Gasteiger partial charge in [-0.3, -0.25) is 0 Å². The van der Waals surface area contributed by atoms with E-state index in [1.165, 1.54) is 19.2 Å². The van der Waals surface area contributed by atoms with Gasteiger partial charge in [-0.15, -0.1) is 0 Å². The Bertz CT molecular complexity index is 469. The number of rotatable bonds is 3. The van der Waals surface area contributed by atoms with Gasteiger partial charge >= 0.3 is 5.97 Å². The molecular weight excluding hydrogens is 246 g/mol. The highest BCUT2D eigenvalue weighted by atomic mass is 35.5. The van der Waals surface area contributed by atoms with Crippen LogP contribution in [0, 0.1) is 0 Å². The summed E-state index contributed by atoms with van der Waals surface area (Å²) in [7, 11) is 1.41. The molecule has 0 radical (unpaired) electrons. The normalized spacial score (nSPS) is 19.4. The van der Waals surface area contributed by atoms with Crippen molar-refractivity contribution in [3.05, 3.63) is 35.0 Å². The summed E-state index contributed by atoms with van der Waals surface area (Å²) in [6.07, 6.45) is -0.830. The van der Waals surface area contributed by atoms with Crippen molar-refractivity contribution in [2.24, 2.45) is 0 Å². The number of hydrogen-bond acceptors (Lipinski definition) is 5. The van der Waals surface area contributed by atoms with Gasteiger partial charge in [-0.05, 0) is 24.3 Å². The van der Waals surface area contributed by atoms with Crippen molar-refractivity contribution in [2.75, 3.05) is 12.4 Å². The molecule has 1 heterocycles. The molecule has 2 rings (SSSR count). The number of benzene rings is 1. The van der Waals surface area contributed by atoms with Gasteiger partial charge in [0.05, 0.1) is 0 Å². The summed E-state index contributed by atoms with van der Waals surface area (Å²) in [5.74, 6) is -0.475. The first-order valence-corrected chi connectivity index (χ1v) is 5.19. The van der Waals surface area contributed by atoms with E-state index in [0.29, 0.717) is 11.4 Å². The van der Waals surface area contributed by atoms with Crippen LogP contribution in [0.3, 0.4) is 0 Å². The molecule has 0 bridgehead atoms. The van der Waals surface area contributed by atoms with Crippen LogP contribution < -0.4 is 5.32 Å². The molecule has 1 atom stereocenters. The molecule has 0 aromatic heterocycles. The van der Waals surface area contributed by atoms with Crippen LogP contribution in [0.15, 0.2) is 35.0 Å². The molecule has 1 aliphatic heterocycles. The van der Waals surface area contributed by atoms with E-state index >= 15 is 0 Å². The SMILES string of the molecule is COC1OC(=O)C(Cl)=C1Nc1ccc(O)cc1. The third kappa shape index (κ3) is 2.35. The van der Waals surface area contributed by atoms with Crippen molar-refractivity contribution in [3.63, 3.8) is 0 Å². The van der Waals surface area contributed by atoms with E-state index < -0.39 is 12.3 Å². The van der Waals surface area contributed by atoms with Crippen molar-refractivity contribution in [2.45, 2.75) is 6.29 Å². The second-order valence-electron chi connectivity index (χ2n) is 3.37. The fourth-order valence-corrected chi connectivity index (χ4v) is 1.58. The lowest BCUT2D eigenvalue weighted by Gasteiger charge is -2.13. The van der Waals surface area contributed by atoms with Gasteiger partial charge in [-0.2, -0.15) is 0 Å². The number of aromatic hydroxyl groups is 1. The molecule has 1 aromatic rings. The number of phenolic OH excluding ortho intramolecular Hbond substituents is 1. The van der Waals surface area contributed by atoms with Gasteiger partial charge in [0.1, 0.15) is 11.4 Å². The van der Waals surface area contributed by atoms with Crippen LogP contribution in [0.5, 0.6) is 5.75 Å². The molecule has 1 aromatic carbocycles. The van der Waals surface area contributed by atoms with E-state index in [4.69, 9.17) is 26.2 Å². The lowest BCUT2D eigenvalue weighted by Crippen LogP contribution is -2.18. The first-order chi connectivity index (χ1) is 8.11. The third-order valence-electron chi connectivity index (χ3n) is 2.23. The predicted molar refractivity (Wildman–Crippen MR) is 61.5 cm³/mol. The standard InChI is InChI=1S/C11H10ClNO4/c1-16-11-9(8(12)10(15)17-11)13-6-2-4-7(14)5-3-6/h2-5,11,13-14H,1H3. The van der Waals surface area contributed by atoms with Crippen molar-refractivity contribution in [3.8, 4) is 5.75 Å². The Labute approximate surface area is 103 Å². The highest BCUT2D eigenvalue weighted by Crippen LogP contribution is 2.27.